The first kappa shape index (κ1) is 19.0. The van der Waals surface area contributed by atoms with E-state index < -0.39 is 0 Å². The van der Waals surface area contributed by atoms with Crippen molar-refractivity contribution >= 4 is 23.1 Å². The van der Waals surface area contributed by atoms with Gasteiger partial charge in [-0.3, -0.25) is 4.57 Å². The van der Waals surface area contributed by atoms with Crippen molar-refractivity contribution in [2.24, 2.45) is 9.98 Å². The highest BCUT2D eigenvalue weighted by atomic mass is 32.1. The van der Waals surface area contributed by atoms with E-state index in [2.05, 4.69) is 40.1 Å². The number of rotatable bonds is 4. The van der Waals surface area contributed by atoms with Crippen molar-refractivity contribution in [2.75, 3.05) is 0 Å². The fourth-order valence-electron chi connectivity index (χ4n) is 3.06. The van der Waals surface area contributed by atoms with Crippen LogP contribution in [0, 0.1) is 13.8 Å². The Morgan fingerprint density at radius 1 is 0.897 bits per heavy atom. The van der Waals surface area contributed by atoms with E-state index in [1.807, 2.05) is 67.6 Å². The molecule has 0 bridgehead atoms. The Hall–Kier alpha value is -3.31. The number of amidine groups is 1. The minimum Gasteiger partial charge on any atom is -0.299 e. The molecule has 5 heteroatoms. The quantitative estimate of drug-likeness (QED) is 0.340. The maximum Gasteiger partial charge on any atom is 0.211 e. The zero-order valence-electron chi connectivity index (χ0n) is 16.5. The van der Waals surface area contributed by atoms with E-state index in [0.29, 0.717) is 5.84 Å². The lowest BCUT2D eigenvalue weighted by Gasteiger charge is -2.07. The van der Waals surface area contributed by atoms with Gasteiger partial charge < -0.3 is 0 Å². The number of hydrogen-bond donors (Lipinski definition) is 0. The van der Waals surface area contributed by atoms with Gasteiger partial charge in [-0.25, -0.2) is 4.99 Å². The Balaban J connectivity index is 1.80. The summed E-state index contributed by atoms with van der Waals surface area (Å²) in [6.07, 6.45) is 0. The summed E-state index contributed by atoms with van der Waals surface area (Å²) in [5.74, 6) is 1.63. The zero-order chi connectivity index (χ0) is 20.1. The van der Waals surface area contributed by atoms with Crippen LogP contribution in [0.15, 0.2) is 94.9 Å². The average molecular weight is 399 g/mol. The molecule has 1 aromatic heterocycles. The van der Waals surface area contributed by atoms with Crippen molar-refractivity contribution in [1.29, 1.82) is 0 Å². The normalized spacial score (nSPS) is 12.3. The highest BCUT2D eigenvalue weighted by molar-refractivity contribution is 7.02. The standard InChI is InChI=1S/C24H22N4S/c1-18-10-9-11-20(16-18)17-28-19(2)27-29-24(28)26-23(21-12-5-3-6-13-21)25-22-14-7-4-8-15-22/h3-16H,17H2,1-2H3. The molecule has 29 heavy (non-hydrogen) atoms. The lowest BCUT2D eigenvalue weighted by Crippen LogP contribution is -2.19. The van der Waals surface area contributed by atoms with Crippen LogP contribution in [0.4, 0.5) is 5.69 Å². The summed E-state index contributed by atoms with van der Waals surface area (Å²) in [7, 11) is 0. The minimum absolute atomic E-state index is 0.679. The van der Waals surface area contributed by atoms with Gasteiger partial charge in [0.25, 0.3) is 0 Å². The predicted octanol–water partition coefficient (Wildman–Crippen LogP) is 5.29. The summed E-state index contributed by atoms with van der Waals surface area (Å²) < 4.78 is 6.69. The number of para-hydroxylation sites is 1. The summed E-state index contributed by atoms with van der Waals surface area (Å²) in [4.78, 5) is 10.6. The molecule has 4 aromatic rings. The van der Waals surface area contributed by atoms with Crippen LogP contribution in [0.5, 0.6) is 0 Å². The van der Waals surface area contributed by atoms with Crippen LogP contribution in [-0.4, -0.2) is 14.8 Å². The molecule has 4 rings (SSSR count). The van der Waals surface area contributed by atoms with E-state index in [1.54, 1.807) is 0 Å². The maximum atomic E-state index is 4.93. The zero-order valence-corrected chi connectivity index (χ0v) is 17.3. The van der Waals surface area contributed by atoms with Crippen LogP contribution >= 0.6 is 11.5 Å². The molecule has 0 amide bonds. The van der Waals surface area contributed by atoms with E-state index in [9.17, 15) is 0 Å². The van der Waals surface area contributed by atoms with Gasteiger partial charge in [0.1, 0.15) is 5.82 Å². The van der Waals surface area contributed by atoms with Crippen molar-refractivity contribution in [3.63, 3.8) is 0 Å². The fourth-order valence-corrected chi connectivity index (χ4v) is 3.79. The smallest absolute Gasteiger partial charge is 0.211 e. The molecule has 0 N–H and O–H groups in total. The molecule has 4 nitrogen and oxygen atoms in total. The second kappa shape index (κ2) is 8.80. The van der Waals surface area contributed by atoms with Gasteiger partial charge in [0.2, 0.25) is 4.80 Å². The maximum absolute atomic E-state index is 4.93. The van der Waals surface area contributed by atoms with Crippen molar-refractivity contribution in [3.8, 4) is 0 Å². The summed E-state index contributed by atoms with van der Waals surface area (Å²) >= 11 is 1.40. The summed E-state index contributed by atoms with van der Waals surface area (Å²) in [6, 6.07) is 28.5. The SMILES string of the molecule is Cc1cccc(Cn2c(C)nsc2=NC(=Nc2ccccc2)c2ccccc2)c1. The van der Waals surface area contributed by atoms with Crippen LogP contribution in [0.2, 0.25) is 0 Å². The van der Waals surface area contributed by atoms with Gasteiger partial charge in [-0.15, -0.1) is 0 Å². The fraction of sp³-hybridized carbons (Fsp3) is 0.125. The molecule has 1 heterocycles. The molecule has 0 aliphatic heterocycles. The number of hydrogen-bond acceptors (Lipinski definition) is 3. The predicted molar refractivity (Wildman–Crippen MR) is 120 cm³/mol. The van der Waals surface area contributed by atoms with E-state index in [1.165, 1.54) is 22.7 Å². The van der Waals surface area contributed by atoms with E-state index >= 15 is 0 Å². The topological polar surface area (TPSA) is 42.5 Å². The third kappa shape index (κ3) is 4.76. The van der Waals surface area contributed by atoms with Gasteiger partial charge in [-0.2, -0.15) is 9.37 Å². The number of aryl methyl sites for hydroxylation is 2. The van der Waals surface area contributed by atoms with E-state index in [-0.39, 0.29) is 0 Å². The summed E-state index contributed by atoms with van der Waals surface area (Å²) in [5, 5.41) is 0. The van der Waals surface area contributed by atoms with Crippen molar-refractivity contribution in [2.45, 2.75) is 20.4 Å². The Kier molecular flexibility index (Phi) is 5.77. The molecule has 0 saturated heterocycles. The first-order valence-corrected chi connectivity index (χ1v) is 10.3. The Bertz CT molecular complexity index is 1190. The lowest BCUT2D eigenvalue weighted by atomic mass is 10.1. The average Bonchev–Trinajstić information content (AvgIpc) is 3.08. The third-order valence-corrected chi connectivity index (χ3v) is 5.36. The van der Waals surface area contributed by atoms with Crippen LogP contribution in [0.1, 0.15) is 22.5 Å². The van der Waals surface area contributed by atoms with Gasteiger partial charge in [-0.1, -0.05) is 78.4 Å². The van der Waals surface area contributed by atoms with Crippen LogP contribution in [-0.2, 0) is 6.54 Å². The Labute approximate surface area is 174 Å². The monoisotopic (exact) mass is 398 g/mol. The van der Waals surface area contributed by atoms with E-state index in [0.717, 1.165) is 28.4 Å². The van der Waals surface area contributed by atoms with Gasteiger partial charge in [-0.05, 0) is 31.5 Å². The van der Waals surface area contributed by atoms with Gasteiger partial charge >= 0.3 is 0 Å². The van der Waals surface area contributed by atoms with Gasteiger partial charge in [0.15, 0.2) is 5.84 Å². The van der Waals surface area contributed by atoms with E-state index in [4.69, 9.17) is 9.98 Å². The Morgan fingerprint density at radius 2 is 1.62 bits per heavy atom. The number of aliphatic imine (C=N–C) groups is 1. The second-order valence-electron chi connectivity index (χ2n) is 6.84. The molecule has 0 saturated carbocycles. The highest BCUT2D eigenvalue weighted by Gasteiger charge is 2.08. The van der Waals surface area contributed by atoms with Gasteiger partial charge in [0.05, 0.1) is 12.2 Å². The van der Waals surface area contributed by atoms with Crippen molar-refractivity contribution in [3.05, 3.63) is 112 Å². The molecule has 0 aliphatic rings. The molecule has 0 atom stereocenters. The molecule has 3 aromatic carbocycles. The molecular weight excluding hydrogens is 376 g/mol. The summed E-state index contributed by atoms with van der Waals surface area (Å²) in [5.41, 5.74) is 4.33. The molecule has 0 spiro atoms. The molecule has 0 radical (unpaired) electrons. The summed E-state index contributed by atoms with van der Waals surface area (Å²) in [6.45, 7) is 4.86. The first-order chi connectivity index (χ1) is 14.2. The van der Waals surface area contributed by atoms with Gasteiger partial charge in [0, 0.05) is 17.1 Å². The number of benzene rings is 3. The first-order valence-electron chi connectivity index (χ1n) is 9.51. The molecule has 0 unspecified atom stereocenters. The van der Waals surface area contributed by atoms with Crippen LogP contribution < -0.4 is 4.80 Å². The number of aromatic nitrogens is 2. The molecular formula is C24H22N4S. The van der Waals surface area contributed by atoms with Crippen molar-refractivity contribution in [1.82, 2.24) is 8.94 Å². The molecule has 0 aliphatic carbocycles. The Morgan fingerprint density at radius 3 is 2.34 bits per heavy atom. The molecule has 0 fully saturated rings. The second-order valence-corrected chi connectivity index (χ2v) is 7.57. The van der Waals surface area contributed by atoms with Crippen LogP contribution in [0.3, 0.4) is 0 Å². The largest absolute Gasteiger partial charge is 0.299 e. The minimum atomic E-state index is 0.679. The highest BCUT2D eigenvalue weighted by Crippen LogP contribution is 2.14. The number of nitrogens with zero attached hydrogens (tertiary/aromatic N) is 4. The molecule has 144 valence electrons. The lowest BCUT2D eigenvalue weighted by molar-refractivity contribution is 0.729. The third-order valence-electron chi connectivity index (χ3n) is 4.53. The van der Waals surface area contributed by atoms with Crippen molar-refractivity contribution < 1.29 is 0 Å². The van der Waals surface area contributed by atoms with Crippen LogP contribution in [0.25, 0.3) is 0 Å².